The number of fused-ring (bicyclic) bond motifs is 5. The summed E-state index contributed by atoms with van der Waals surface area (Å²) in [7, 11) is 1.54. The van der Waals surface area contributed by atoms with Gasteiger partial charge >= 0.3 is 5.97 Å². The number of ether oxygens (including phenoxy) is 1. The molecule has 3 unspecified atom stereocenters. The maximum absolute atomic E-state index is 12.5. The molecule has 2 heterocycles. The topological polar surface area (TPSA) is 46.6 Å². The molecule has 146 valence electrons. The van der Waals surface area contributed by atoms with Crippen molar-refractivity contribution in [3.8, 4) is 0 Å². The molecule has 8 atom stereocenters. The molecule has 0 radical (unpaired) electrons. The Morgan fingerprint density at radius 2 is 1.88 bits per heavy atom. The summed E-state index contributed by atoms with van der Waals surface area (Å²) >= 11 is 0. The Bertz CT molecular complexity index is 619. The van der Waals surface area contributed by atoms with Crippen molar-refractivity contribution in [1.29, 1.82) is 0 Å². The average molecular weight is 362 g/mol. The molecule has 0 aromatic heterocycles. The van der Waals surface area contributed by atoms with Crippen molar-refractivity contribution in [2.24, 2.45) is 35.0 Å². The van der Waals surface area contributed by atoms with E-state index in [1.54, 1.807) is 0 Å². The largest absolute Gasteiger partial charge is 0.469 e. The first-order valence-electron chi connectivity index (χ1n) is 10.6. The fourth-order valence-electron chi connectivity index (χ4n) is 7.94. The molecule has 0 bridgehead atoms. The van der Waals surface area contributed by atoms with Crippen LogP contribution >= 0.6 is 0 Å². The van der Waals surface area contributed by atoms with E-state index < -0.39 is 0 Å². The van der Waals surface area contributed by atoms with Crippen LogP contribution in [0.25, 0.3) is 0 Å². The molecule has 0 spiro atoms. The molecular formula is C22H35NO3. The fourth-order valence-corrected chi connectivity index (χ4v) is 7.94. The van der Waals surface area contributed by atoms with Gasteiger partial charge in [0.15, 0.2) is 0 Å². The molecule has 0 aromatic carbocycles. The lowest BCUT2D eigenvalue weighted by atomic mass is 9.51. The van der Waals surface area contributed by atoms with E-state index in [-0.39, 0.29) is 28.9 Å². The maximum Gasteiger partial charge on any atom is 0.309 e. The highest BCUT2D eigenvalue weighted by molar-refractivity contribution is 5.84. The highest BCUT2D eigenvalue weighted by Crippen LogP contribution is 2.65. The van der Waals surface area contributed by atoms with E-state index >= 15 is 0 Å². The summed E-state index contributed by atoms with van der Waals surface area (Å²) in [6, 6.07) is 0.0772. The summed E-state index contributed by atoms with van der Waals surface area (Å²) < 4.78 is 5.20. The zero-order valence-corrected chi connectivity index (χ0v) is 17.1. The molecule has 4 rings (SSSR count). The molecule has 0 aromatic rings. The first-order chi connectivity index (χ1) is 12.2. The minimum absolute atomic E-state index is 0.00137. The van der Waals surface area contributed by atoms with Crippen molar-refractivity contribution in [3.63, 3.8) is 0 Å². The van der Waals surface area contributed by atoms with Crippen molar-refractivity contribution >= 4 is 11.8 Å². The number of carbonyl (C=O) groups is 2. The number of methoxy groups -OCH3 is 1. The minimum atomic E-state index is 0.00137. The Hall–Kier alpha value is -0.900. The summed E-state index contributed by atoms with van der Waals surface area (Å²) in [5.41, 5.74) is 0.243. The van der Waals surface area contributed by atoms with Crippen molar-refractivity contribution in [1.82, 2.24) is 4.90 Å². The van der Waals surface area contributed by atoms with Gasteiger partial charge in [0.25, 0.3) is 0 Å². The number of piperidine rings is 2. The van der Waals surface area contributed by atoms with Crippen molar-refractivity contribution in [3.05, 3.63) is 0 Å². The van der Waals surface area contributed by atoms with Gasteiger partial charge in [-0.3, -0.25) is 14.5 Å². The Morgan fingerprint density at radius 3 is 2.58 bits per heavy atom. The van der Waals surface area contributed by atoms with E-state index in [0.29, 0.717) is 29.5 Å². The predicted molar refractivity (Wildman–Crippen MR) is 101 cm³/mol. The Balaban J connectivity index is 1.65. The molecule has 4 nitrogen and oxygen atoms in total. The Labute approximate surface area is 158 Å². The predicted octanol–water partition coefficient (Wildman–Crippen LogP) is 3.68. The smallest absolute Gasteiger partial charge is 0.309 e. The quantitative estimate of drug-likeness (QED) is 0.669. The minimum Gasteiger partial charge on any atom is -0.469 e. The van der Waals surface area contributed by atoms with Crippen LogP contribution in [0.5, 0.6) is 0 Å². The summed E-state index contributed by atoms with van der Waals surface area (Å²) in [4.78, 5) is 27.4. The van der Waals surface area contributed by atoms with E-state index in [9.17, 15) is 9.59 Å². The van der Waals surface area contributed by atoms with Gasteiger partial charge in [0, 0.05) is 12.0 Å². The van der Waals surface area contributed by atoms with Crippen LogP contribution in [-0.4, -0.2) is 41.9 Å². The van der Waals surface area contributed by atoms with Crippen LogP contribution in [0.15, 0.2) is 0 Å². The zero-order chi connectivity index (χ0) is 18.9. The van der Waals surface area contributed by atoms with Gasteiger partial charge in [0.05, 0.1) is 19.1 Å². The second-order valence-electron chi connectivity index (χ2n) is 10.1. The van der Waals surface area contributed by atoms with Crippen LogP contribution in [0.2, 0.25) is 0 Å². The highest BCUT2D eigenvalue weighted by atomic mass is 16.5. The third kappa shape index (κ3) is 2.30. The number of ketones is 1. The van der Waals surface area contributed by atoms with Gasteiger partial charge in [-0.25, -0.2) is 0 Å². The van der Waals surface area contributed by atoms with E-state index in [4.69, 9.17) is 4.74 Å². The lowest BCUT2D eigenvalue weighted by molar-refractivity contribution is -0.163. The Kier molecular flexibility index (Phi) is 4.30. The first kappa shape index (κ1) is 18.5. The lowest BCUT2D eigenvalue weighted by Crippen LogP contribution is -2.67. The zero-order valence-electron chi connectivity index (χ0n) is 17.1. The highest BCUT2D eigenvalue weighted by Gasteiger charge is 2.63. The van der Waals surface area contributed by atoms with E-state index in [1.807, 2.05) is 0 Å². The van der Waals surface area contributed by atoms with E-state index in [0.717, 1.165) is 32.2 Å². The second-order valence-corrected chi connectivity index (χ2v) is 10.1. The molecule has 2 aliphatic carbocycles. The Morgan fingerprint density at radius 1 is 1.15 bits per heavy atom. The van der Waals surface area contributed by atoms with Crippen LogP contribution < -0.4 is 0 Å². The van der Waals surface area contributed by atoms with Gasteiger partial charge in [0.2, 0.25) is 0 Å². The summed E-state index contributed by atoms with van der Waals surface area (Å²) in [6.45, 7) is 10.2. The number of esters is 1. The van der Waals surface area contributed by atoms with Gasteiger partial charge in [-0.05, 0) is 81.6 Å². The fraction of sp³-hybridized carbons (Fsp3) is 0.909. The molecular weight excluding hydrogens is 326 g/mol. The van der Waals surface area contributed by atoms with Gasteiger partial charge < -0.3 is 4.74 Å². The molecule has 2 saturated carbocycles. The number of hydrogen-bond donors (Lipinski definition) is 0. The van der Waals surface area contributed by atoms with E-state index in [1.165, 1.54) is 20.0 Å². The van der Waals surface area contributed by atoms with E-state index in [2.05, 4.69) is 32.6 Å². The van der Waals surface area contributed by atoms with Gasteiger partial charge in [-0.2, -0.15) is 0 Å². The first-order valence-corrected chi connectivity index (χ1v) is 10.6. The SMILES string of the molecule is COC(=O)C1C(C)C[C@H]2[C@@H]3CCN4C(C)C(=O)CC[C@]4(C)[C@@H]3CC[C@]12C. The normalized spacial score (nSPS) is 51.3. The molecule has 4 heteroatoms. The molecule has 26 heavy (non-hydrogen) atoms. The standard InChI is InChI=1S/C22H35NO3/c1-13-12-17-15-8-11-23-14(2)18(24)7-10-22(23,4)16(15)6-9-21(17,3)19(13)20(25)26-5/h13-17,19H,6-12H2,1-5H3/t13?,14?,15-,16-,17+,19?,21+,22-/m1/s1. The molecule has 0 amide bonds. The molecule has 4 fully saturated rings. The lowest BCUT2D eigenvalue weighted by Gasteiger charge is -2.62. The van der Waals surface area contributed by atoms with Crippen LogP contribution in [0.4, 0.5) is 0 Å². The van der Waals surface area contributed by atoms with Crippen LogP contribution in [0.3, 0.4) is 0 Å². The number of carbonyl (C=O) groups excluding carboxylic acids is 2. The van der Waals surface area contributed by atoms with Gasteiger partial charge in [0.1, 0.15) is 5.78 Å². The third-order valence-electron chi connectivity index (χ3n) is 9.20. The summed E-state index contributed by atoms with van der Waals surface area (Å²) in [5, 5.41) is 0. The van der Waals surface area contributed by atoms with Crippen molar-refractivity contribution in [2.75, 3.05) is 13.7 Å². The molecule has 4 aliphatic rings. The maximum atomic E-state index is 12.5. The monoisotopic (exact) mass is 361 g/mol. The van der Waals surface area contributed by atoms with Crippen LogP contribution in [0, 0.1) is 35.0 Å². The molecule has 0 N–H and O–H groups in total. The number of nitrogens with zero attached hydrogens (tertiary/aromatic N) is 1. The van der Waals surface area contributed by atoms with Crippen molar-refractivity contribution in [2.45, 2.75) is 77.8 Å². The number of Topliss-reactive ketones (excluding diaryl/α,β-unsaturated/α-hetero) is 1. The number of rotatable bonds is 1. The average Bonchev–Trinajstić information content (AvgIpc) is 2.88. The molecule has 2 aliphatic heterocycles. The van der Waals surface area contributed by atoms with Gasteiger partial charge in [-0.1, -0.05) is 13.8 Å². The van der Waals surface area contributed by atoms with Gasteiger partial charge in [-0.15, -0.1) is 0 Å². The summed E-state index contributed by atoms with van der Waals surface area (Å²) in [6.07, 6.45) is 6.39. The van der Waals surface area contributed by atoms with Crippen LogP contribution in [-0.2, 0) is 14.3 Å². The van der Waals surface area contributed by atoms with Crippen molar-refractivity contribution < 1.29 is 14.3 Å². The third-order valence-corrected chi connectivity index (χ3v) is 9.20. The number of hydrogen-bond acceptors (Lipinski definition) is 4. The second kappa shape index (κ2) is 6.05. The van der Waals surface area contributed by atoms with Crippen LogP contribution in [0.1, 0.15) is 66.2 Å². The molecule has 2 saturated heterocycles. The summed E-state index contributed by atoms with van der Waals surface area (Å²) in [5.74, 6) is 2.85.